The summed E-state index contributed by atoms with van der Waals surface area (Å²) >= 11 is 5.85. The van der Waals surface area contributed by atoms with Crippen molar-refractivity contribution in [1.29, 1.82) is 0 Å². The second-order valence-electron chi connectivity index (χ2n) is 6.31. The van der Waals surface area contributed by atoms with Gasteiger partial charge in [0.25, 0.3) is 0 Å². The highest BCUT2D eigenvalue weighted by Gasteiger charge is 2.38. The molecule has 0 radical (unpaired) electrons. The Morgan fingerprint density at radius 3 is 2.22 bits per heavy atom. The molecule has 0 unspecified atom stereocenters. The second kappa shape index (κ2) is 6.37. The average Bonchev–Trinajstić information content (AvgIpc) is 2.27. The van der Waals surface area contributed by atoms with Gasteiger partial charge in [-0.3, -0.25) is 0 Å². The summed E-state index contributed by atoms with van der Waals surface area (Å²) in [6.07, 6.45) is 0.992. The van der Waals surface area contributed by atoms with Crippen molar-refractivity contribution in [3.8, 4) is 0 Å². The zero-order valence-electron chi connectivity index (χ0n) is 12.2. The second-order valence-corrected chi connectivity index (χ2v) is 22.5. The molecule has 1 nitrogen and oxygen atoms in total. The Morgan fingerprint density at radius 1 is 1.06 bits per heavy atom. The monoisotopic (exact) mass is 300 g/mol. The van der Waals surface area contributed by atoms with Gasteiger partial charge in [0.15, 0.2) is 7.83 Å². The molecule has 0 fully saturated rings. The number of hydrogen-bond donors (Lipinski definition) is 0. The van der Waals surface area contributed by atoms with Crippen LogP contribution in [-0.4, -0.2) is 22.0 Å². The number of hydrogen-bond acceptors (Lipinski definition) is 1. The van der Waals surface area contributed by atoms with E-state index in [1.54, 1.807) is 0 Å². The molecule has 0 N–H and O–H groups in total. The maximum Gasteiger partial charge on any atom is 0.173 e. The molecule has 102 valence electrons. The molecule has 0 aliphatic heterocycles. The van der Waals surface area contributed by atoms with Gasteiger partial charge in [0, 0.05) is 12.5 Å². The molecule has 1 aromatic carbocycles. The topological polar surface area (TPSA) is 9.23 Å². The fraction of sp³-hybridized carbons (Fsp3) is 0.571. The van der Waals surface area contributed by atoms with Crippen molar-refractivity contribution in [1.82, 2.24) is 0 Å². The van der Waals surface area contributed by atoms with Crippen molar-refractivity contribution in [2.45, 2.75) is 45.0 Å². The van der Waals surface area contributed by atoms with Crippen molar-refractivity contribution in [3.05, 3.63) is 35.4 Å². The third-order valence-electron chi connectivity index (χ3n) is 3.81. The maximum absolute atomic E-state index is 6.24. The summed E-state index contributed by atoms with van der Waals surface area (Å²) in [5, 5.41) is 0. The molecule has 0 aliphatic carbocycles. The molecule has 0 heterocycles. The first-order valence-electron chi connectivity index (χ1n) is 6.54. The first-order valence-corrected chi connectivity index (χ1v) is 14.5. The van der Waals surface area contributed by atoms with Gasteiger partial charge in [-0.15, -0.1) is 11.6 Å². The van der Waals surface area contributed by atoms with Crippen molar-refractivity contribution in [3.63, 3.8) is 0 Å². The molecule has 0 atom stereocenters. The molecule has 1 rings (SSSR count). The highest BCUT2D eigenvalue weighted by Crippen LogP contribution is 2.20. The van der Waals surface area contributed by atoms with Crippen LogP contribution < -0.4 is 0 Å². The average molecular weight is 301 g/mol. The molecule has 4 heteroatoms. The molecule has 18 heavy (non-hydrogen) atoms. The maximum atomic E-state index is 6.24. The van der Waals surface area contributed by atoms with Gasteiger partial charge < -0.3 is 4.43 Å². The minimum absolute atomic E-state index is 0.587. The van der Waals surface area contributed by atoms with E-state index in [0.717, 1.165) is 13.0 Å². The molecule has 0 aromatic heterocycles. The highest BCUT2D eigenvalue weighted by atomic mass is 35.5. The van der Waals surface area contributed by atoms with Crippen LogP contribution in [0.3, 0.4) is 0 Å². The standard InChI is InChI=1S/C14H25ClOSi2/c1-17(2,3)18(4,5)16-10-9-13-7-6-8-14(11-13)12-15/h6-8,11H,9-10,12H2,1-5H3. The van der Waals surface area contributed by atoms with E-state index in [4.69, 9.17) is 16.0 Å². The summed E-state index contributed by atoms with van der Waals surface area (Å²) in [6, 6.07) is 8.48. The van der Waals surface area contributed by atoms with Crippen molar-refractivity contribution >= 4 is 27.0 Å². The zero-order chi connectivity index (χ0) is 13.8. The van der Waals surface area contributed by atoms with Gasteiger partial charge in [-0.05, 0) is 30.6 Å². The Labute approximate surface area is 118 Å². The zero-order valence-corrected chi connectivity index (χ0v) is 15.0. The van der Waals surface area contributed by atoms with Gasteiger partial charge in [0.05, 0.1) is 7.59 Å². The number of benzene rings is 1. The predicted octanol–water partition coefficient (Wildman–Crippen LogP) is 4.61. The van der Waals surface area contributed by atoms with Crippen molar-refractivity contribution < 1.29 is 4.43 Å². The normalized spacial score (nSPS) is 12.8. The fourth-order valence-electron chi connectivity index (χ4n) is 1.51. The van der Waals surface area contributed by atoms with Crippen LogP contribution in [0, 0.1) is 0 Å². The summed E-state index contributed by atoms with van der Waals surface area (Å²) in [4.78, 5) is 0. The fourth-order valence-corrected chi connectivity index (χ4v) is 4.33. The SMILES string of the molecule is C[Si](C)(C)[Si](C)(C)OCCc1cccc(CCl)c1. The first-order chi connectivity index (χ1) is 8.26. The first kappa shape index (κ1) is 16.0. The summed E-state index contributed by atoms with van der Waals surface area (Å²) in [5.41, 5.74) is 2.52. The van der Waals surface area contributed by atoms with Crippen LogP contribution in [0.2, 0.25) is 32.7 Å². The van der Waals surface area contributed by atoms with E-state index in [2.05, 4.69) is 57.0 Å². The van der Waals surface area contributed by atoms with Crippen LogP contribution in [0.4, 0.5) is 0 Å². The summed E-state index contributed by atoms with van der Waals surface area (Å²) in [6.45, 7) is 12.8. The van der Waals surface area contributed by atoms with Crippen LogP contribution in [0.15, 0.2) is 24.3 Å². The third kappa shape index (κ3) is 4.54. The highest BCUT2D eigenvalue weighted by molar-refractivity contribution is 7.37. The Bertz CT molecular complexity index is 386. The van der Waals surface area contributed by atoms with Crippen LogP contribution in [0.25, 0.3) is 0 Å². The van der Waals surface area contributed by atoms with E-state index in [1.165, 1.54) is 11.1 Å². The minimum atomic E-state index is -1.47. The van der Waals surface area contributed by atoms with E-state index in [1.807, 2.05) is 0 Å². The molecule has 0 saturated heterocycles. The van der Waals surface area contributed by atoms with Gasteiger partial charge in [-0.1, -0.05) is 43.9 Å². The number of alkyl halides is 1. The lowest BCUT2D eigenvalue weighted by Crippen LogP contribution is -2.55. The van der Waals surface area contributed by atoms with E-state index in [-0.39, 0.29) is 0 Å². The lowest BCUT2D eigenvalue weighted by atomic mass is 10.1. The van der Waals surface area contributed by atoms with Gasteiger partial charge in [-0.25, -0.2) is 0 Å². The lowest BCUT2D eigenvalue weighted by Gasteiger charge is -2.34. The van der Waals surface area contributed by atoms with E-state index < -0.39 is 15.4 Å². The van der Waals surface area contributed by atoms with Gasteiger partial charge >= 0.3 is 0 Å². The Morgan fingerprint density at radius 2 is 1.67 bits per heavy atom. The molecule has 0 spiro atoms. The van der Waals surface area contributed by atoms with Crippen LogP contribution in [0.5, 0.6) is 0 Å². The van der Waals surface area contributed by atoms with Crippen LogP contribution >= 0.6 is 11.6 Å². The largest absolute Gasteiger partial charge is 0.420 e. The Hall–Kier alpha value is -0.0962. The van der Waals surface area contributed by atoms with Gasteiger partial charge in [-0.2, -0.15) is 0 Å². The van der Waals surface area contributed by atoms with Crippen molar-refractivity contribution in [2.24, 2.45) is 0 Å². The summed E-state index contributed by atoms with van der Waals surface area (Å²) in [5.74, 6) is 0.587. The molecular formula is C14H25ClOSi2. The Kier molecular flexibility index (Phi) is 5.65. The third-order valence-corrected chi connectivity index (χ3v) is 19.9. The Balaban J connectivity index is 2.51. The molecular weight excluding hydrogens is 276 g/mol. The smallest absolute Gasteiger partial charge is 0.173 e. The molecule has 0 aliphatic rings. The quantitative estimate of drug-likeness (QED) is 0.551. The molecule has 0 bridgehead atoms. The van der Waals surface area contributed by atoms with Crippen LogP contribution in [0.1, 0.15) is 11.1 Å². The van der Waals surface area contributed by atoms with Crippen molar-refractivity contribution in [2.75, 3.05) is 6.61 Å². The molecule has 0 amide bonds. The van der Waals surface area contributed by atoms with Gasteiger partial charge in [0.2, 0.25) is 0 Å². The number of rotatable bonds is 6. The van der Waals surface area contributed by atoms with E-state index in [9.17, 15) is 0 Å². The van der Waals surface area contributed by atoms with E-state index >= 15 is 0 Å². The minimum Gasteiger partial charge on any atom is -0.420 e. The molecule has 0 saturated carbocycles. The van der Waals surface area contributed by atoms with E-state index in [0.29, 0.717) is 5.88 Å². The predicted molar refractivity (Wildman–Crippen MR) is 86.5 cm³/mol. The van der Waals surface area contributed by atoms with Gasteiger partial charge in [0.1, 0.15) is 0 Å². The number of halogens is 1. The summed E-state index contributed by atoms with van der Waals surface area (Å²) < 4.78 is 6.24. The summed E-state index contributed by atoms with van der Waals surface area (Å²) in [7, 11) is -2.61. The van der Waals surface area contributed by atoms with Crippen LogP contribution in [-0.2, 0) is 16.7 Å². The molecule has 1 aromatic rings. The lowest BCUT2D eigenvalue weighted by molar-refractivity contribution is 0.322.